The molecule has 0 saturated carbocycles. The molecule has 0 bridgehead atoms. The third-order valence-electron chi connectivity index (χ3n) is 4.97. The molecule has 1 unspecified atom stereocenters. The fraction of sp³-hybridized carbons (Fsp3) is 0.227. The van der Waals surface area contributed by atoms with E-state index in [1.807, 2.05) is 6.92 Å². The molecule has 2 aromatic rings. The molecule has 10 heteroatoms. The molecule has 0 aliphatic heterocycles. The van der Waals surface area contributed by atoms with Crippen LogP contribution in [-0.2, 0) is 14.8 Å². The van der Waals surface area contributed by atoms with E-state index >= 15 is 0 Å². The summed E-state index contributed by atoms with van der Waals surface area (Å²) in [5.41, 5.74) is 1.20. The van der Waals surface area contributed by atoms with Crippen molar-refractivity contribution < 1.29 is 13.2 Å². The first-order chi connectivity index (χ1) is 14.8. The Labute approximate surface area is 206 Å². The molecule has 0 saturated heterocycles. The number of halogens is 4. The summed E-state index contributed by atoms with van der Waals surface area (Å²) in [7, 11) is -4.15. The number of hydrogen-bond acceptors (Lipinski definition) is 3. The van der Waals surface area contributed by atoms with Gasteiger partial charge in [-0.1, -0.05) is 82.8 Å². The number of nitrogens with zero attached hydrogens (tertiary/aromatic N) is 2. The van der Waals surface area contributed by atoms with Gasteiger partial charge in [-0.15, -0.1) is 16.0 Å². The Balaban J connectivity index is 2.29. The lowest BCUT2D eigenvalue weighted by atomic mass is 9.86. The van der Waals surface area contributed by atoms with Gasteiger partial charge >= 0.3 is 0 Å². The zero-order valence-corrected chi connectivity index (χ0v) is 21.1. The van der Waals surface area contributed by atoms with Gasteiger partial charge < -0.3 is 0 Å². The molecule has 168 valence electrons. The van der Waals surface area contributed by atoms with Gasteiger partial charge in [-0.3, -0.25) is 4.79 Å². The van der Waals surface area contributed by atoms with E-state index < -0.39 is 25.0 Å². The van der Waals surface area contributed by atoms with Crippen LogP contribution in [0.3, 0.4) is 0 Å². The fourth-order valence-corrected chi connectivity index (χ4v) is 4.96. The third kappa shape index (κ3) is 4.52. The molecule has 0 aromatic heterocycles. The summed E-state index contributed by atoms with van der Waals surface area (Å²) in [6.45, 7) is 4.65. The van der Waals surface area contributed by atoms with Crippen molar-refractivity contribution in [1.82, 2.24) is 0 Å². The van der Waals surface area contributed by atoms with Crippen LogP contribution < -0.4 is 0 Å². The van der Waals surface area contributed by atoms with Crippen LogP contribution in [0.25, 0.3) is 0 Å². The van der Waals surface area contributed by atoms with E-state index in [0.29, 0.717) is 5.56 Å². The van der Waals surface area contributed by atoms with Gasteiger partial charge in [-0.2, -0.15) is 8.42 Å². The number of carbonyl (C=O) groups is 1. The highest BCUT2D eigenvalue weighted by Crippen LogP contribution is 2.48. The summed E-state index contributed by atoms with van der Waals surface area (Å²) in [6.07, 6.45) is 0. The van der Waals surface area contributed by atoms with Crippen molar-refractivity contribution in [1.29, 1.82) is 0 Å². The first-order valence-corrected chi connectivity index (χ1v) is 12.3. The van der Waals surface area contributed by atoms with Gasteiger partial charge in [0.05, 0.1) is 9.93 Å². The third-order valence-corrected chi connectivity index (χ3v) is 8.47. The standard InChI is InChI=1S/C22H18Cl4N2O3S/c1-13-9-11-16(12-10-13)32(30,31)28-20(15-7-5-4-6-8-15)27-18-17(23)14(2)19(29)21(3,24)22(18,25)26/h4-12H,1-3H3. The van der Waals surface area contributed by atoms with Crippen LogP contribution in [0.2, 0.25) is 0 Å². The molecule has 0 spiro atoms. The number of carbonyl (C=O) groups excluding carboxylic acids is 1. The molecular formula is C22H18Cl4N2O3S. The Hall–Kier alpha value is -1.70. The van der Waals surface area contributed by atoms with Crippen LogP contribution >= 0.6 is 46.4 Å². The van der Waals surface area contributed by atoms with Gasteiger partial charge in [0, 0.05) is 11.1 Å². The van der Waals surface area contributed by atoms with Crippen LogP contribution in [0, 0.1) is 6.92 Å². The summed E-state index contributed by atoms with van der Waals surface area (Å²) < 4.78 is 27.9. The zero-order chi connectivity index (χ0) is 23.9. The highest BCUT2D eigenvalue weighted by atomic mass is 35.5. The second-order valence-electron chi connectivity index (χ2n) is 7.37. The number of aryl methyl sites for hydroxylation is 1. The van der Waals surface area contributed by atoms with Gasteiger partial charge in [0.2, 0.25) is 0 Å². The number of allylic oxidation sites excluding steroid dienone is 2. The normalized spacial score (nSPS) is 23.0. The van der Waals surface area contributed by atoms with E-state index in [9.17, 15) is 13.2 Å². The molecule has 0 amide bonds. The molecule has 2 aromatic carbocycles. The summed E-state index contributed by atoms with van der Waals surface area (Å²) in [4.78, 5) is 15.1. The minimum Gasteiger partial charge on any atom is -0.292 e. The first-order valence-electron chi connectivity index (χ1n) is 9.33. The quantitative estimate of drug-likeness (QED) is 0.283. The van der Waals surface area contributed by atoms with E-state index in [0.717, 1.165) is 5.56 Å². The van der Waals surface area contributed by atoms with Crippen LogP contribution in [0.4, 0.5) is 0 Å². The molecule has 3 rings (SSSR count). The molecule has 0 heterocycles. The van der Waals surface area contributed by atoms with Gasteiger partial charge in [-0.05, 0) is 32.9 Å². The molecule has 1 aliphatic rings. The minimum absolute atomic E-state index is 0.0152. The fourth-order valence-electron chi connectivity index (χ4n) is 2.96. The predicted molar refractivity (Wildman–Crippen MR) is 131 cm³/mol. The minimum atomic E-state index is -4.15. The zero-order valence-electron chi connectivity index (χ0n) is 17.2. The van der Waals surface area contributed by atoms with Crippen molar-refractivity contribution in [2.75, 3.05) is 0 Å². The number of sulfonamides is 1. The average molecular weight is 532 g/mol. The Morgan fingerprint density at radius 1 is 0.938 bits per heavy atom. The second-order valence-corrected chi connectivity index (χ2v) is 11.4. The number of Topliss-reactive ketones (excluding diaryl/α,β-unsaturated/α-hetero) is 1. The largest absolute Gasteiger partial charge is 0.292 e. The molecule has 32 heavy (non-hydrogen) atoms. The number of ketones is 1. The van der Waals surface area contributed by atoms with Crippen molar-refractivity contribution in [3.8, 4) is 0 Å². The van der Waals surface area contributed by atoms with Gasteiger partial charge in [0.25, 0.3) is 10.0 Å². The number of alkyl halides is 3. The van der Waals surface area contributed by atoms with E-state index in [2.05, 4.69) is 9.39 Å². The second kappa shape index (κ2) is 8.92. The van der Waals surface area contributed by atoms with Gasteiger partial charge in [0.1, 0.15) is 10.6 Å². The van der Waals surface area contributed by atoms with Crippen LogP contribution in [0.1, 0.15) is 25.0 Å². The summed E-state index contributed by atoms with van der Waals surface area (Å²) in [5.74, 6) is -0.766. The van der Waals surface area contributed by atoms with Crippen molar-refractivity contribution in [2.24, 2.45) is 9.39 Å². The SMILES string of the molecule is CC1=C(Cl)C(=NC(=NS(=O)(=O)c2ccc(C)cc2)c2ccccc2)C(Cl)(Cl)C(C)(Cl)C1=O. The van der Waals surface area contributed by atoms with E-state index in [1.165, 1.54) is 26.0 Å². The summed E-state index contributed by atoms with van der Waals surface area (Å²) >= 11 is 25.7. The first kappa shape index (κ1) is 24.9. The van der Waals surface area contributed by atoms with Crippen LogP contribution in [-0.4, -0.2) is 35.0 Å². The van der Waals surface area contributed by atoms with Crippen molar-refractivity contribution in [3.05, 3.63) is 76.3 Å². The predicted octanol–water partition coefficient (Wildman–Crippen LogP) is 5.84. The summed E-state index contributed by atoms with van der Waals surface area (Å²) in [5, 5.41) is -0.116. The highest BCUT2D eigenvalue weighted by Gasteiger charge is 2.58. The number of rotatable bonds is 3. The van der Waals surface area contributed by atoms with Gasteiger partial charge in [0.15, 0.2) is 16.0 Å². The van der Waals surface area contributed by atoms with Crippen molar-refractivity contribution in [2.45, 2.75) is 34.9 Å². The smallest absolute Gasteiger partial charge is 0.284 e. The van der Waals surface area contributed by atoms with E-state index in [4.69, 9.17) is 46.4 Å². The molecule has 0 N–H and O–H groups in total. The lowest BCUT2D eigenvalue weighted by Crippen LogP contribution is -2.55. The van der Waals surface area contributed by atoms with Crippen LogP contribution in [0.15, 0.2) is 79.5 Å². The Bertz CT molecular complexity index is 1260. The highest BCUT2D eigenvalue weighted by molar-refractivity contribution is 7.90. The lowest BCUT2D eigenvalue weighted by Gasteiger charge is -2.38. The number of benzene rings is 2. The lowest BCUT2D eigenvalue weighted by molar-refractivity contribution is -0.117. The maximum atomic E-state index is 13.0. The van der Waals surface area contributed by atoms with Crippen molar-refractivity contribution in [3.63, 3.8) is 0 Å². The van der Waals surface area contributed by atoms with Crippen LogP contribution in [0.5, 0.6) is 0 Å². The molecular weight excluding hydrogens is 514 g/mol. The maximum Gasteiger partial charge on any atom is 0.284 e. The monoisotopic (exact) mass is 530 g/mol. The molecule has 0 fully saturated rings. The number of amidine groups is 1. The Kier molecular flexibility index (Phi) is 6.95. The summed E-state index contributed by atoms with van der Waals surface area (Å²) in [6, 6.07) is 14.6. The maximum absolute atomic E-state index is 13.0. The van der Waals surface area contributed by atoms with Crippen molar-refractivity contribution >= 4 is 73.8 Å². The molecule has 1 aliphatic carbocycles. The van der Waals surface area contributed by atoms with E-state index in [-0.39, 0.29) is 27.0 Å². The Morgan fingerprint density at radius 2 is 1.50 bits per heavy atom. The number of aliphatic imine (C=N–C) groups is 1. The average Bonchev–Trinajstić information content (AvgIpc) is 2.74. The Morgan fingerprint density at radius 3 is 2.06 bits per heavy atom. The van der Waals surface area contributed by atoms with E-state index in [1.54, 1.807) is 42.5 Å². The molecule has 1 atom stereocenters. The topological polar surface area (TPSA) is 75.9 Å². The molecule has 0 radical (unpaired) electrons. The molecule has 5 nitrogen and oxygen atoms in total. The number of hydrogen-bond donors (Lipinski definition) is 0. The van der Waals surface area contributed by atoms with Gasteiger partial charge in [-0.25, -0.2) is 4.99 Å².